The van der Waals surface area contributed by atoms with Gasteiger partial charge in [0.1, 0.15) is 15.3 Å². The van der Waals surface area contributed by atoms with Crippen LogP contribution in [-0.4, -0.2) is 9.97 Å². The number of hydrogen-bond donors (Lipinski definition) is 1. The summed E-state index contributed by atoms with van der Waals surface area (Å²) in [6, 6.07) is 0. The number of fused-ring (bicyclic) bond motifs is 3. The smallest absolute Gasteiger partial charge is 0.128 e. The lowest BCUT2D eigenvalue weighted by Gasteiger charge is -2.17. The van der Waals surface area contributed by atoms with Gasteiger partial charge >= 0.3 is 0 Å². The van der Waals surface area contributed by atoms with Crippen LogP contribution in [0.25, 0.3) is 10.2 Å². The van der Waals surface area contributed by atoms with Crippen LogP contribution in [0, 0.1) is 10.6 Å². The van der Waals surface area contributed by atoms with E-state index in [0.29, 0.717) is 0 Å². The van der Waals surface area contributed by atoms with Crippen LogP contribution in [0.15, 0.2) is 0 Å². The van der Waals surface area contributed by atoms with Gasteiger partial charge < -0.3 is 4.98 Å². The summed E-state index contributed by atoms with van der Waals surface area (Å²) in [7, 11) is 0. The zero-order valence-corrected chi connectivity index (χ0v) is 12.5. The van der Waals surface area contributed by atoms with Gasteiger partial charge in [0, 0.05) is 16.7 Å². The first-order valence-corrected chi connectivity index (χ1v) is 7.95. The second-order valence-corrected chi connectivity index (χ2v) is 6.79. The van der Waals surface area contributed by atoms with Crippen molar-refractivity contribution in [3.63, 3.8) is 0 Å². The minimum absolute atomic E-state index is 0.804. The SMILES string of the molecule is CCCc1nc2sc3c(c2c(=S)[nH]1)CC[C@H](C)C3. The zero-order chi connectivity index (χ0) is 12.7. The number of aromatic amines is 1. The Morgan fingerprint density at radius 3 is 3.11 bits per heavy atom. The van der Waals surface area contributed by atoms with Crippen LogP contribution in [0.1, 0.15) is 43.0 Å². The van der Waals surface area contributed by atoms with E-state index in [0.717, 1.165) is 34.1 Å². The second-order valence-electron chi connectivity index (χ2n) is 5.29. The molecule has 0 aromatic carbocycles. The first-order valence-electron chi connectivity index (χ1n) is 6.72. The molecule has 4 heteroatoms. The minimum atomic E-state index is 0.804. The number of thiophene rings is 1. The van der Waals surface area contributed by atoms with Gasteiger partial charge in [-0.3, -0.25) is 0 Å². The maximum absolute atomic E-state index is 5.54. The highest BCUT2D eigenvalue weighted by Gasteiger charge is 2.21. The largest absolute Gasteiger partial charge is 0.334 e. The number of nitrogens with one attached hydrogen (secondary N) is 1. The van der Waals surface area contributed by atoms with Crippen LogP contribution >= 0.6 is 23.6 Å². The van der Waals surface area contributed by atoms with Crippen LogP contribution in [0.5, 0.6) is 0 Å². The standard InChI is InChI=1S/C14H18N2S2/c1-3-4-11-15-13(17)12-9-6-5-8(2)7-10(9)18-14(12)16-11/h8H,3-7H2,1-2H3,(H,15,16,17)/t8-/m0/s1. The molecule has 0 radical (unpaired) electrons. The molecule has 1 aliphatic rings. The van der Waals surface area contributed by atoms with Crippen molar-refractivity contribution in [3.05, 3.63) is 20.9 Å². The Kier molecular flexibility index (Phi) is 3.24. The Morgan fingerprint density at radius 2 is 2.33 bits per heavy atom. The monoisotopic (exact) mass is 278 g/mol. The highest BCUT2D eigenvalue weighted by molar-refractivity contribution is 7.71. The molecule has 0 fully saturated rings. The Morgan fingerprint density at radius 1 is 1.50 bits per heavy atom. The van der Waals surface area contributed by atoms with Gasteiger partial charge in [-0.05, 0) is 37.2 Å². The van der Waals surface area contributed by atoms with Crippen molar-refractivity contribution in [3.8, 4) is 0 Å². The molecule has 2 nitrogen and oxygen atoms in total. The topological polar surface area (TPSA) is 28.7 Å². The fourth-order valence-electron chi connectivity index (χ4n) is 2.75. The number of nitrogens with zero attached hydrogens (tertiary/aromatic N) is 1. The molecule has 0 aliphatic heterocycles. The summed E-state index contributed by atoms with van der Waals surface area (Å²) < 4.78 is 0.899. The third-order valence-electron chi connectivity index (χ3n) is 3.70. The van der Waals surface area contributed by atoms with Crippen LogP contribution in [0.3, 0.4) is 0 Å². The van der Waals surface area contributed by atoms with Crippen molar-refractivity contribution < 1.29 is 0 Å². The summed E-state index contributed by atoms with van der Waals surface area (Å²) in [6.07, 6.45) is 5.74. The van der Waals surface area contributed by atoms with Crippen LogP contribution in [0.4, 0.5) is 0 Å². The fourth-order valence-corrected chi connectivity index (χ4v) is 4.56. The number of hydrogen-bond acceptors (Lipinski definition) is 3. The van der Waals surface area contributed by atoms with Crippen molar-refractivity contribution in [2.75, 3.05) is 0 Å². The molecule has 18 heavy (non-hydrogen) atoms. The Balaban J connectivity index is 2.19. The average Bonchev–Trinajstić information content (AvgIpc) is 2.66. The Hall–Kier alpha value is -0.740. The van der Waals surface area contributed by atoms with E-state index in [2.05, 4.69) is 18.8 Å². The van der Waals surface area contributed by atoms with Crippen LogP contribution < -0.4 is 0 Å². The lowest BCUT2D eigenvalue weighted by atomic mass is 9.89. The molecule has 1 atom stereocenters. The van der Waals surface area contributed by atoms with Gasteiger partial charge in [0.2, 0.25) is 0 Å². The molecule has 3 rings (SSSR count). The molecule has 2 aromatic rings. The van der Waals surface area contributed by atoms with E-state index in [9.17, 15) is 0 Å². The highest BCUT2D eigenvalue weighted by Crippen LogP contribution is 2.37. The van der Waals surface area contributed by atoms with Gasteiger partial charge in [-0.25, -0.2) is 4.98 Å². The minimum Gasteiger partial charge on any atom is -0.334 e. The second kappa shape index (κ2) is 4.74. The number of aryl methyl sites for hydroxylation is 2. The van der Waals surface area contributed by atoms with Crippen LogP contribution in [0.2, 0.25) is 0 Å². The lowest BCUT2D eigenvalue weighted by Crippen LogP contribution is -2.08. The average molecular weight is 278 g/mol. The number of H-pyrrole nitrogens is 1. The fraction of sp³-hybridized carbons (Fsp3) is 0.571. The third kappa shape index (κ3) is 2.01. The predicted molar refractivity (Wildman–Crippen MR) is 80.0 cm³/mol. The molecule has 0 saturated heterocycles. The zero-order valence-electron chi connectivity index (χ0n) is 10.9. The van der Waals surface area contributed by atoms with E-state index < -0.39 is 0 Å². The van der Waals surface area contributed by atoms with Gasteiger partial charge in [0.05, 0.1) is 0 Å². The van der Waals surface area contributed by atoms with E-state index >= 15 is 0 Å². The molecule has 1 N–H and O–H groups in total. The summed E-state index contributed by atoms with van der Waals surface area (Å²) in [5, 5.41) is 1.23. The molecule has 1 aliphatic carbocycles. The predicted octanol–water partition coefficient (Wildman–Crippen LogP) is 4.43. The van der Waals surface area contributed by atoms with Gasteiger partial charge in [-0.1, -0.05) is 26.1 Å². The molecule has 0 spiro atoms. The molecule has 96 valence electrons. The maximum Gasteiger partial charge on any atom is 0.128 e. The molecule has 2 heterocycles. The molecule has 2 aromatic heterocycles. The van der Waals surface area contributed by atoms with Crippen LogP contribution in [-0.2, 0) is 19.3 Å². The highest BCUT2D eigenvalue weighted by atomic mass is 32.1. The van der Waals surface area contributed by atoms with Gasteiger partial charge in [0.15, 0.2) is 0 Å². The molecular formula is C14H18N2S2. The quantitative estimate of drug-likeness (QED) is 0.823. The molecule has 0 amide bonds. The van der Waals surface area contributed by atoms with Crippen molar-refractivity contribution in [1.29, 1.82) is 0 Å². The van der Waals surface area contributed by atoms with Crippen molar-refractivity contribution in [1.82, 2.24) is 9.97 Å². The van der Waals surface area contributed by atoms with E-state index in [1.165, 1.54) is 35.1 Å². The summed E-state index contributed by atoms with van der Waals surface area (Å²) in [5.74, 6) is 1.85. The molecule has 0 saturated carbocycles. The first kappa shape index (κ1) is 12.3. The summed E-state index contributed by atoms with van der Waals surface area (Å²) in [6.45, 7) is 4.51. The number of rotatable bonds is 2. The summed E-state index contributed by atoms with van der Waals surface area (Å²) in [4.78, 5) is 10.7. The van der Waals surface area contributed by atoms with E-state index in [1.54, 1.807) is 0 Å². The molecule has 0 unspecified atom stereocenters. The molecular weight excluding hydrogens is 260 g/mol. The normalized spacial score (nSPS) is 19.1. The van der Waals surface area contributed by atoms with Crippen molar-refractivity contribution in [2.45, 2.75) is 46.0 Å². The molecule has 0 bridgehead atoms. The van der Waals surface area contributed by atoms with E-state index in [4.69, 9.17) is 17.2 Å². The van der Waals surface area contributed by atoms with Gasteiger partial charge in [-0.2, -0.15) is 0 Å². The van der Waals surface area contributed by atoms with E-state index in [-0.39, 0.29) is 0 Å². The summed E-state index contributed by atoms with van der Waals surface area (Å²) >= 11 is 7.39. The van der Waals surface area contributed by atoms with Gasteiger partial charge in [-0.15, -0.1) is 11.3 Å². The summed E-state index contributed by atoms with van der Waals surface area (Å²) in [5.41, 5.74) is 1.48. The maximum atomic E-state index is 5.54. The van der Waals surface area contributed by atoms with Crippen molar-refractivity contribution in [2.24, 2.45) is 5.92 Å². The van der Waals surface area contributed by atoms with E-state index in [1.807, 2.05) is 11.3 Å². The van der Waals surface area contributed by atoms with Gasteiger partial charge in [0.25, 0.3) is 0 Å². The van der Waals surface area contributed by atoms with Crippen molar-refractivity contribution >= 4 is 33.8 Å². The Labute approximate surface area is 116 Å². The lowest BCUT2D eigenvalue weighted by molar-refractivity contribution is 0.509. The Bertz CT molecular complexity index is 639. The third-order valence-corrected chi connectivity index (χ3v) is 5.16. The number of aromatic nitrogens is 2. The first-order chi connectivity index (χ1) is 8.69.